The zero-order chi connectivity index (χ0) is 58.1. The molecule has 2 saturated heterocycles. The fourth-order valence-corrected chi connectivity index (χ4v) is 10.9. The summed E-state index contributed by atoms with van der Waals surface area (Å²) in [4.78, 5) is 18.4. The second-order valence-corrected chi connectivity index (χ2v) is 21.6. The van der Waals surface area contributed by atoms with Crippen LogP contribution in [0.3, 0.4) is 0 Å². The van der Waals surface area contributed by atoms with Crippen LogP contribution in [0, 0.1) is 46.7 Å². The maximum Gasteiger partial charge on any atom is 1.00 e. The van der Waals surface area contributed by atoms with E-state index >= 15 is 0 Å². The first-order valence-corrected chi connectivity index (χ1v) is 29.3. The van der Waals surface area contributed by atoms with Crippen LogP contribution in [0.2, 0.25) is 10.6 Å². The van der Waals surface area contributed by atoms with Crippen LogP contribution in [0.1, 0.15) is 62.4 Å². The number of hydrogen-bond donors (Lipinski definition) is 2. The van der Waals surface area contributed by atoms with Crippen molar-refractivity contribution in [3.8, 4) is 0 Å². The van der Waals surface area contributed by atoms with Crippen molar-refractivity contribution in [2.24, 2.45) is 11.8 Å². The van der Waals surface area contributed by atoms with E-state index in [2.05, 4.69) is 106 Å². The number of hydrogen-bond acceptors (Lipinski definition) is 5. The maximum atomic E-state index is 13.8. The van der Waals surface area contributed by atoms with Gasteiger partial charge in [-0.15, -0.1) is 0 Å². The van der Waals surface area contributed by atoms with Crippen molar-refractivity contribution in [2.75, 3.05) is 31.1 Å². The van der Waals surface area contributed by atoms with Gasteiger partial charge in [0.2, 0.25) is 16.5 Å². The third kappa shape index (κ3) is 18.8. The number of piperidine rings is 2. The van der Waals surface area contributed by atoms with E-state index in [1.54, 1.807) is 10.6 Å². The van der Waals surface area contributed by atoms with Crippen molar-refractivity contribution in [1.82, 2.24) is 34.4 Å². The van der Waals surface area contributed by atoms with Gasteiger partial charge in [-0.1, -0.05) is 139 Å². The van der Waals surface area contributed by atoms with Gasteiger partial charge in [-0.25, -0.2) is 41.3 Å². The van der Waals surface area contributed by atoms with Gasteiger partial charge in [0.05, 0.1) is 46.2 Å². The number of imidazole rings is 3. The van der Waals surface area contributed by atoms with Gasteiger partial charge in [0.1, 0.15) is 0 Å². The Morgan fingerprint density at radius 2 is 0.906 bits per heavy atom. The van der Waals surface area contributed by atoms with Gasteiger partial charge in [-0.3, -0.25) is 0 Å². The molecular weight excluding hydrogens is 1200 g/mol. The fourth-order valence-electron chi connectivity index (χ4n) is 10.2. The Labute approximate surface area is 534 Å². The monoisotopic (exact) mass is 1270 g/mol. The molecule has 18 heteroatoms. The minimum atomic E-state index is -0.863. The average molecular weight is 1270 g/mol. The minimum Gasteiger partial charge on any atom is -1.00 e. The first-order chi connectivity index (χ1) is 40.4. The Morgan fingerprint density at radius 3 is 1.42 bits per heavy atom. The second kappa shape index (κ2) is 32.9. The van der Waals surface area contributed by atoms with Crippen molar-refractivity contribution in [1.29, 1.82) is 0 Å². The van der Waals surface area contributed by atoms with Crippen LogP contribution < -0.4 is 39.8 Å². The summed E-state index contributed by atoms with van der Waals surface area (Å²) < 4.78 is 81.8. The number of nitrogens with zero attached hydrogens (tertiary/aromatic N) is 6. The molecule has 2 fully saturated rings. The molecule has 3 aromatic heterocycles. The normalized spacial score (nSPS) is 13.2. The van der Waals surface area contributed by atoms with Crippen molar-refractivity contribution in [3.63, 3.8) is 0 Å². The molecule has 438 valence electrons. The predicted octanol–water partition coefficient (Wildman–Crippen LogP) is 14.9. The molecule has 11 aromatic rings. The van der Waals surface area contributed by atoms with Crippen LogP contribution >= 0.6 is 39.1 Å². The summed E-state index contributed by atoms with van der Waals surface area (Å²) in [5.74, 6) is -2.47. The van der Waals surface area contributed by atoms with Crippen molar-refractivity contribution in [2.45, 2.75) is 64.4 Å². The summed E-state index contributed by atoms with van der Waals surface area (Å²) >= 11 is 14.8. The molecule has 0 bridgehead atoms. The van der Waals surface area contributed by atoms with Crippen LogP contribution in [0.4, 0.5) is 32.3 Å². The molecule has 0 spiro atoms. The third-order valence-corrected chi connectivity index (χ3v) is 15.6. The topological polar surface area (TPSA) is 79.6 Å². The molecule has 0 radical (unpaired) electrons. The summed E-state index contributed by atoms with van der Waals surface area (Å²) in [7, 11) is 0. The first kappa shape index (κ1) is 66.1. The molecule has 8 aromatic carbocycles. The molecule has 0 saturated carbocycles. The van der Waals surface area contributed by atoms with E-state index in [1.807, 2.05) is 72.8 Å². The number of rotatable bonds is 10. The number of halogens is 9. The van der Waals surface area contributed by atoms with E-state index in [1.165, 1.54) is 79.9 Å². The molecule has 0 aliphatic carbocycles. The van der Waals surface area contributed by atoms with Crippen LogP contribution in [0.15, 0.2) is 188 Å². The van der Waals surface area contributed by atoms with E-state index in [0.29, 0.717) is 40.5 Å². The number of nitrogens with one attached hydrogen (secondary N) is 2. The van der Waals surface area contributed by atoms with Crippen molar-refractivity contribution in [3.05, 3.63) is 261 Å². The van der Waals surface area contributed by atoms with E-state index in [9.17, 15) is 26.3 Å². The Balaban J connectivity index is 0.000000184. The summed E-state index contributed by atoms with van der Waals surface area (Å²) in [6.07, 6.45) is 7.29. The quantitative estimate of drug-likeness (QED) is 0.0810. The van der Waals surface area contributed by atoms with E-state index in [-0.39, 0.29) is 38.4 Å². The van der Waals surface area contributed by atoms with Gasteiger partial charge in [-0.2, -0.15) is 0 Å². The summed E-state index contributed by atoms with van der Waals surface area (Å²) in [6, 6.07) is 56.5. The molecule has 8 nitrogen and oxygen atoms in total. The van der Waals surface area contributed by atoms with Crippen molar-refractivity contribution < 1.29 is 57.3 Å². The Morgan fingerprint density at radius 1 is 0.471 bits per heavy atom. The van der Waals surface area contributed by atoms with E-state index in [4.69, 9.17) is 28.2 Å². The van der Waals surface area contributed by atoms with Gasteiger partial charge in [0, 0.05) is 18.4 Å². The first-order valence-electron chi connectivity index (χ1n) is 27.4. The summed E-state index contributed by atoms with van der Waals surface area (Å²) in [6.45, 7) is 5.10. The summed E-state index contributed by atoms with van der Waals surface area (Å²) in [5, 5.41) is 4.72. The minimum absolute atomic E-state index is 0. The van der Waals surface area contributed by atoms with Crippen LogP contribution in [0.5, 0.6) is 0 Å². The molecule has 5 heterocycles. The zero-order valence-electron chi connectivity index (χ0n) is 47.3. The Hall–Kier alpha value is -6.43. The number of fused-ring (bicyclic) bond motifs is 3. The molecule has 0 atom stereocenters. The van der Waals surface area contributed by atoms with Crippen LogP contribution in [0.25, 0.3) is 33.1 Å². The molecule has 0 unspecified atom stereocenters. The summed E-state index contributed by atoms with van der Waals surface area (Å²) in [5.41, 5.74) is 10.4. The molecule has 2 aliphatic heterocycles. The number of alkyl halides is 1. The van der Waals surface area contributed by atoms with E-state index < -0.39 is 34.9 Å². The van der Waals surface area contributed by atoms with Gasteiger partial charge < -0.3 is 25.8 Å². The van der Waals surface area contributed by atoms with Gasteiger partial charge >= 0.3 is 29.6 Å². The molecule has 85 heavy (non-hydrogen) atoms. The third-order valence-electron chi connectivity index (χ3n) is 14.5. The zero-order valence-corrected chi connectivity index (χ0v) is 51.4. The number of H-pyrrole nitrogens is 1. The maximum absolute atomic E-state index is 13.8. The fraction of sp³-hybridized carbons (Fsp3) is 0.239. The number of benzene rings is 8. The largest absolute Gasteiger partial charge is 1.00 e. The average Bonchev–Trinajstić information content (AvgIpc) is 2.43. The SMILES string of the molecule is C.Clc1nc2ccccc2[nH]1.Fc1ccc(CBr)cc1F.Fc1ccc(Cn2c(Cl)nc3ccccc32)cc1F.Fc1ccc(Cn2c(N3CCC(Cc4ccccc4)CC3)nc3ccccc32)cc1F.[H-].[Na+].c1ccc(CC2CCNCC2)cc1. The number of anilines is 1. The number of aromatic amines is 1. The molecule has 2 aliphatic rings. The Bertz CT molecular complexity index is 3810. The smallest absolute Gasteiger partial charge is 1.00 e. The van der Waals surface area contributed by atoms with Crippen LogP contribution in [-0.4, -0.2) is 55.2 Å². The van der Waals surface area contributed by atoms with Gasteiger partial charge in [0.25, 0.3) is 0 Å². The number of aromatic nitrogens is 6. The molecular formula is C67H66BrCl2F6N8Na. The standard InChI is InChI=1S/C26H25F2N3.C14H9ClF2N2.C12H17N.C7H5BrF2.C7H5ClN2.CH4.Na.H/c27-22-11-10-21(17-23(22)28)18-31-25-9-5-4-8-24(25)29-26(31)30-14-12-20(13-15-30)16-19-6-2-1-3-7-19;15-14-18-12-3-1-2-4-13(12)19(14)8-9-5-6-10(16)11(17)7-9;1-2-4-11(5-3-1)10-12-6-8-13-9-7-12;8-4-5-1-2-6(9)7(10)3-5;8-7-9-5-3-1-2-4-6(5)10-7;;;/h1-11,17,20H,12-16,18H2;1-7H,8H2;1-5,12-13H,6-10H2;1-3H,4H2;1-4H,(H,9,10);1H4;;/q;;;;;;+1;-1. The van der Waals surface area contributed by atoms with Gasteiger partial charge in [-0.05, 0) is 187 Å². The number of para-hydroxylation sites is 6. The molecule has 0 amide bonds. The predicted molar refractivity (Wildman–Crippen MR) is 334 cm³/mol. The van der Waals surface area contributed by atoms with E-state index in [0.717, 1.165) is 101 Å². The Kier molecular flexibility index (Phi) is 25.6. The van der Waals surface area contributed by atoms with Crippen molar-refractivity contribution >= 4 is 78.2 Å². The van der Waals surface area contributed by atoms with Gasteiger partial charge in [0.15, 0.2) is 34.9 Å². The van der Waals surface area contributed by atoms with Crippen LogP contribution in [-0.2, 0) is 31.3 Å². The second-order valence-electron chi connectivity index (χ2n) is 20.4. The molecule has 2 N–H and O–H groups in total. The molecule has 13 rings (SSSR count).